The molecular formula is C8H15ClN2O2. The normalized spacial score (nSPS) is 9.54. The molecule has 0 heterocycles. The molecule has 0 bridgehead atoms. The second kappa shape index (κ2) is 5.80. The first-order chi connectivity index (χ1) is 5.99. The minimum atomic E-state index is -0.106. The topological polar surface area (TPSA) is 40.6 Å². The smallest absolute Gasteiger partial charge is 0.241 e. The summed E-state index contributed by atoms with van der Waals surface area (Å²) in [5.41, 5.74) is 0. The van der Waals surface area contributed by atoms with E-state index in [4.69, 9.17) is 11.6 Å². The van der Waals surface area contributed by atoms with Crippen LogP contribution in [0.2, 0.25) is 0 Å². The second-order valence-electron chi connectivity index (χ2n) is 2.98. The van der Waals surface area contributed by atoms with Crippen LogP contribution in [0, 0.1) is 0 Å². The molecule has 0 unspecified atom stereocenters. The maximum atomic E-state index is 11.2. The monoisotopic (exact) mass is 206 g/mol. The zero-order valence-corrected chi connectivity index (χ0v) is 8.97. The van der Waals surface area contributed by atoms with Gasteiger partial charge >= 0.3 is 0 Å². The molecule has 0 spiro atoms. The van der Waals surface area contributed by atoms with Crippen LogP contribution in [-0.4, -0.2) is 55.2 Å². The Morgan fingerprint density at radius 1 is 1.15 bits per heavy atom. The summed E-state index contributed by atoms with van der Waals surface area (Å²) in [5.74, 6) is 0.0925. The average Bonchev–Trinajstić information content (AvgIpc) is 2.04. The molecule has 0 rings (SSSR count). The molecule has 13 heavy (non-hydrogen) atoms. The average molecular weight is 207 g/mol. The number of hydrogen-bond acceptors (Lipinski definition) is 2. The van der Waals surface area contributed by atoms with Gasteiger partial charge in [-0.05, 0) is 0 Å². The number of likely N-dealkylation sites (N-methyl/N-ethyl adjacent to an activating group) is 2. The third kappa shape index (κ3) is 4.72. The number of hydrogen-bond donors (Lipinski definition) is 0. The molecular weight excluding hydrogens is 192 g/mol. The number of carbonyl (C=O) groups is 2. The number of amides is 2. The Kier molecular flexibility index (Phi) is 5.46. The maximum Gasteiger partial charge on any atom is 0.241 e. The quantitative estimate of drug-likeness (QED) is 0.615. The van der Waals surface area contributed by atoms with Crippen molar-refractivity contribution in [2.24, 2.45) is 0 Å². The summed E-state index contributed by atoms with van der Waals surface area (Å²) < 4.78 is 0. The minimum absolute atomic E-state index is 0.0922. The zero-order valence-electron chi connectivity index (χ0n) is 8.21. The van der Waals surface area contributed by atoms with E-state index in [9.17, 15) is 9.59 Å². The van der Waals surface area contributed by atoms with Crippen LogP contribution in [0.4, 0.5) is 0 Å². The van der Waals surface area contributed by atoms with E-state index in [2.05, 4.69) is 0 Å². The zero-order chi connectivity index (χ0) is 10.4. The lowest BCUT2D eigenvalue weighted by atomic mass is 10.4. The van der Waals surface area contributed by atoms with Crippen molar-refractivity contribution in [1.29, 1.82) is 0 Å². The van der Waals surface area contributed by atoms with E-state index >= 15 is 0 Å². The highest BCUT2D eigenvalue weighted by atomic mass is 35.5. The lowest BCUT2D eigenvalue weighted by Gasteiger charge is -2.18. The fourth-order valence-corrected chi connectivity index (χ4v) is 0.866. The van der Waals surface area contributed by atoms with Gasteiger partial charge in [0.1, 0.15) is 0 Å². The van der Waals surface area contributed by atoms with Gasteiger partial charge in [0.05, 0.1) is 6.54 Å². The minimum Gasteiger partial charge on any atom is -0.347 e. The van der Waals surface area contributed by atoms with E-state index in [0.29, 0.717) is 5.88 Å². The van der Waals surface area contributed by atoms with Crippen molar-refractivity contribution in [1.82, 2.24) is 9.80 Å². The van der Waals surface area contributed by atoms with Gasteiger partial charge in [-0.1, -0.05) is 0 Å². The molecule has 2 amide bonds. The number of halogens is 1. The van der Waals surface area contributed by atoms with Crippen LogP contribution in [0.5, 0.6) is 0 Å². The molecule has 0 radical (unpaired) electrons. The number of carbonyl (C=O) groups excluding carboxylic acids is 2. The van der Waals surface area contributed by atoms with Gasteiger partial charge in [-0.2, -0.15) is 0 Å². The lowest BCUT2D eigenvalue weighted by Crippen LogP contribution is -2.37. The first kappa shape index (κ1) is 12.2. The van der Waals surface area contributed by atoms with E-state index in [1.807, 2.05) is 0 Å². The van der Waals surface area contributed by atoms with Crippen molar-refractivity contribution in [2.45, 2.75) is 6.42 Å². The molecule has 76 valence electrons. The van der Waals surface area contributed by atoms with E-state index in [1.165, 1.54) is 9.80 Å². The number of rotatable bonds is 4. The molecule has 0 aromatic rings. The molecule has 5 heteroatoms. The van der Waals surface area contributed by atoms with Crippen molar-refractivity contribution in [2.75, 3.05) is 33.6 Å². The largest absolute Gasteiger partial charge is 0.347 e. The second-order valence-corrected chi connectivity index (χ2v) is 3.35. The molecule has 0 aromatic heterocycles. The summed E-state index contributed by atoms with van der Waals surface area (Å²) in [5, 5.41) is 0. The SMILES string of the molecule is CN(C)C(=O)CN(C)C(=O)CCCl. The van der Waals surface area contributed by atoms with Crippen molar-refractivity contribution in [3.8, 4) is 0 Å². The van der Waals surface area contributed by atoms with E-state index in [0.717, 1.165) is 0 Å². The molecule has 0 saturated carbocycles. The summed E-state index contributed by atoms with van der Waals surface area (Å²) >= 11 is 5.40. The molecule has 4 nitrogen and oxygen atoms in total. The molecule has 0 fully saturated rings. The predicted octanol–water partition coefficient (Wildman–Crippen LogP) is 0.162. The molecule has 0 saturated heterocycles. The molecule has 0 aromatic carbocycles. The Bertz CT molecular complexity index is 195. The number of nitrogens with zero attached hydrogens (tertiary/aromatic N) is 2. The third-order valence-corrected chi connectivity index (χ3v) is 1.79. The fraction of sp³-hybridized carbons (Fsp3) is 0.750. The predicted molar refractivity (Wildman–Crippen MR) is 51.7 cm³/mol. The van der Waals surface area contributed by atoms with E-state index in [-0.39, 0.29) is 24.8 Å². The first-order valence-electron chi connectivity index (χ1n) is 3.99. The number of alkyl halides is 1. The van der Waals surface area contributed by atoms with Gasteiger partial charge in [-0.3, -0.25) is 9.59 Å². The Labute approximate surface area is 83.4 Å². The van der Waals surface area contributed by atoms with Gasteiger partial charge in [-0.15, -0.1) is 11.6 Å². The summed E-state index contributed by atoms with van der Waals surface area (Å²) in [6, 6.07) is 0. The van der Waals surface area contributed by atoms with Gasteiger partial charge in [-0.25, -0.2) is 0 Å². The first-order valence-corrected chi connectivity index (χ1v) is 4.52. The van der Waals surface area contributed by atoms with E-state index in [1.54, 1.807) is 21.1 Å². The third-order valence-electron chi connectivity index (χ3n) is 1.61. The van der Waals surface area contributed by atoms with Crippen LogP contribution in [-0.2, 0) is 9.59 Å². The maximum absolute atomic E-state index is 11.2. The van der Waals surface area contributed by atoms with Crippen LogP contribution >= 0.6 is 11.6 Å². The molecule has 0 aliphatic heterocycles. The standard InChI is InChI=1S/C8H15ClN2O2/c1-10(2)8(13)6-11(3)7(12)4-5-9/h4-6H2,1-3H3. The summed E-state index contributed by atoms with van der Waals surface area (Å²) in [7, 11) is 4.90. The molecule has 0 aliphatic rings. The van der Waals surface area contributed by atoms with Crippen LogP contribution in [0.1, 0.15) is 6.42 Å². The van der Waals surface area contributed by atoms with Crippen molar-refractivity contribution < 1.29 is 9.59 Å². The van der Waals surface area contributed by atoms with Crippen molar-refractivity contribution in [3.63, 3.8) is 0 Å². The Morgan fingerprint density at radius 3 is 2.08 bits per heavy atom. The van der Waals surface area contributed by atoms with Gasteiger partial charge in [0.25, 0.3) is 0 Å². The highest BCUT2D eigenvalue weighted by molar-refractivity contribution is 6.18. The Morgan fingerprint density at radius 2 is 1.69 bits per heavy atom. The van der Waals surface area contributed by atoms with Crippen LogP contribution < -0.4 is 0 Å². The summed E-state index contributed by atoms with van der Waals surface area (Å²) in [6.07, 6.45) is 0.277. The van der Waals surface area contributed by atoms with Crippen LogP contribution in [0.3, 0.4) is 0 Å². The van der Waals surface area contributed by atoms with Crippen LogP contribution in [0.25, 0.3) is 0 Å². The fourth-order valence-electron chi connectivity index (χ4n) is 0.704. The molecule has 0 aliphatic carbocycles. The van der Waals surface area contributed by atoms with Crippen molar-refractivity contribution in [3.05, 3.63) is 0 Å². The van der Waals surface area contributed by atoms with Gasteiger partial charge in [0.15, 0.2) is 0 Å². The van der Waals surface area contributed by atoms with Crippen molar-refractivity contribution >= 4 is 23.4 Å². The Hall–Kier alpha value is -0.770. The highest BCUT2D eigenvalue weighted by Gasteiger charge is 2.12. The summed E-state index contributed by atoms with van der Waals surface area (Å²) in [4.78, 5) is 25.2. The van der Waals surface area contributed by atoms with Crippen LogP contribution in [0.15, 0.2) is 0 Å². The molecule has 0 N–H and O–H groups in total. The summed E-state index contributed by atoms with van der Waals surface area (Å²) in [6.45, 7) is 0.114. The van der Waals surface area contributed by atoms with Gasteiger partial charge in [0.2, 0.25) is 11.8 Å². The van der Waals surface area contributed by atoms with Gasteiger partial charge < -0.3 is 9.80 Å². The lowest BCUT2D eigenvalue weighted by molar-refractivity contribution is -0.137. The van der Waals surface area contributed by atoms with Gasteiger partial charge in [0, 0.05) is 33.4 Å². The Balaban J connectivity index is 3.92. The van der Waals surface area contributed by atoms with E-state index < -0.39 is 0 Å². The highest BCUT2D eigenvalue weighted by Crippen LogP contribution is 1.94. The molecule has 0 atom stereocenters.